The molecule has 0 unspecified atom stereocenters. The third kappa shape index (κ3) is 4.43. The Hall–Kier alpha value is -3.25. The second-order valence-corrected chi connectivity index (χ2v) is 7.70. The van der Waals surface area contributed by atoms with Crippen molar-refractivity contribution in [2.75, 3.05) is 5.32 Å². The first-order valence-corrected chi connectivity index (χ1v) is 10.4. The third-order valence-electron chi connectivity index (χ3n) is 4.74. The highest BCUT2D eigenvalue weighted by Gasteiger charge is 2.14. The van der Waals surface area contributed by atoms with Crippen molar-refractivity contribution >= 4 is 22.4 Å². The van der Waals surface area contributed by atoms with Crippen LogP contribution in [0.15, 0.2) is 66.0 Å². The van der Waals surface area contributed by atoms with E-state index in [9.17, 15) is 4.79 Å². The van der Waals surface area contributed by atoms with E-state index in [1.807, 2.05) is 25.3 Å². The van der Waals surface area contributed by atoms with Crippen molar-refractivity contribution < 1.29 is 4.79 Å². The molecule has 0 aliphatic carbocycles. The van der Waals surface area contributed by atoms with Crippen LogP contribution in [-0.2, 0) is 13.0 Å². The van der Waals surface area contributed by atoms with Gasteiger partial charge in [-0.05, 0) is 37.5 Å². The molecule has 0 aliphatic rings. The Morgan fingerprint density at radius 1 is 1.07 bits per heavy atom. The summed E-state index contributed by atoms with van der Waals surface area (Å²) in [4.78, 5) is 17.0. The summed E-state index contributed by atoms with van der Waals surface area (Å²) < 4.78 is 1.80. The highest BCUT2D eigenvalue weighted by Crippen LogP contribution is 2.26. The topological polar surface area (TPSA) is 59.8 Å². The number of nitrogens with one attached hydrogen (secondary N) is 1. The van der Waals surface area contributed by atoms with Crippen molar-refractivity contribution in [2.24, 2.45) is 0 Å². The standard InChI is InChI=1S/C23H22N4OS/c1-3-27-16(2)13-20(26-27)22(28)25-23-24-21(15-29-23)19-11-9-18(10-12-19)14-17-7-5-4-6-8-17/h4-13,15H,3,14H2,1-2H3,(H,24,25,28). The van der Waals surface area contributed by atoms with Crippen LogP contribution in [0.3, 0.4) is 0 Å². The number of amides is 1. The summed E-state index contributed by atoms with van der Waals surface area (Å²) in [5, 5.41) is 9.69. The van der Waals surface area contributed by atoms with Gasteiger partial charge in [-0.15, -0.1) is 11.3 Å². The van der Waals surface area contributed by atoms with Gasteiger partial charge in [-0.2, -0.15) is 5.10 Å². The molecular weight excluding hydrogens is 380 g/mol. The van der Waals surface area contributed by atoms with Crippen molar-refractivity contribution in [3.63, 3.8) is 0 Å². The summed E-state index contributed by atoms with van der Waals surface area (Å²) >= 11 is 1.41. The van der Waals surface area contributed by atoms with E-state index in [1.165, 1.54) is 22.5 Å². The normalized spacial score (nSPS) is 10.8. The number of aryl methyl sites for hydroxylation is 2. The molecule has 146 valence electrons. The maximum atomic E-state index is 12.4. The van der Waals surface area contributed by atoms with E-state index in [-0.39, 0.29) is 5.91 Å². The quantitative estimate of drug-likeness (QED) is 0.483. The van der Waals surface area contributed by atoms with E-state index in [4.69, 9.17) is 0 Å². The lowest BCUT2D eigenvalue weighted by Crippen LogP contribution is -2.13. The number of nitrogens with zero attached hydrogens (tertiary/aromatic N) is 3. The van der Waals surface area contributed by atoms with Gasteiger partial charge in [0.25, 0.3) is 5.91 Å². The number of rotatable bonds is 6. The number of aromatic nitrogens is 3. The lowest BCUT2D eigenvalue weighted by atomic mass is 10.0. The number of hydrogen-bond acceptors (Lipinski definition) is 4. The minimum absolute atomic E-state index is 0.237. The Morgan fingerprint density at radius 2 is 1.79 bits per heavy atom. The number of thiazole rings is 1. The van der Waals surface area contributed by atoms with Crippen LogP contribution in [0.4, 0.5) is 5.13 Å². The molecule has 1 N–H and O–H groups in total. The van der Waals surface area contributed by atoms with Gasteiger partial charge in [0.15, 0.2) is 10.8 Å². The monoisotopic (exact) mass is 402 g/mol. The molecule has 5 nitrogen and oxygen atoms in total. The lowest BCUT2D eigenvalue weighted by Gasteiger charge is -2.03. The SMILES string of the molecule is CCn1nc(C(=O)Nc2nc(-c3ccc(Cc4ccccc4)cc3)cs2)cc1C. The number of benzene rings is 2. The van der Waals surface area contributed by atoms with Gasteiger partial charge in [0.05, 0.1) is 5.69 Å². The molecule has 0 radical (unpaired) electrons. The van der Waals surface area contributed by atoms with Crippen molar-refractivity contribution in [1.82, 2.24) is 14.8 Å². The molecular formula is C23H22N4OS. The molecule has 0 spiro atoms. The van der Waals surface area contributed by atoms with Gasteiger partial charge in [0.2, 0.25) is 0 Å². The molecule has 6 heteroatoms. The molecule has 0 bridgehead atoms. The van der Waals surface area contributed by atoms with Gasteiger partial charge >= 0.3 is 0 Å². The second kappa shape index (κ2) is 8.41. The van der Waals surface area contributed by atoms with Crippen molar-refractivity contribution in [2.45, 2.75) is 26.8 Å². The van der Waals surface area contributed by atoms with Crippen LogP contribution < -0.4 is 5.32 Å². The van der Waals surface area contributed by atoms with Gasteiger partial charge < -0.3 is 0 Å². The largest absolute Gasteiger partial charge is 0.296 e. The van der Waals surface area contributed by atoms with Gasteiger partial charge in [0, 0.05) is 23.2 Å². The molecule has 0 saturated heterocycles. The minimum atomic E-state index is -0.237. The molecule has 4 rings (SSSR count). The van der Waals surface area contributed by atoms with Crippen LogP contribution >= 0.6 is 11.3 Å². The first kappa shape index (κ1) is 19.1. The van der Waals surface area contributed by atoms with E-state index >= 15 is 0 Å². The summed E-state index contributed by atoms with van der Waals surface area (Å²) in [5.74, 6) is -0.237. The molecule has 29 heavy (non-hydrogen) atoms. The molecule has 4 aromatic rings. The highest BCUT2D eigenvalue weighted by atomic mass is 32.1. The molecule has 0 aliphatic heterocycles. The van der Waals surface area contributed by atoms with Gasteiger partial charge in [-0.25, -0.2) is 4.98 Å². The van der Waals surface area contributed by atoms with E-state index < -0.39 is 0 Å². The average Bonchev–Trinajstić information content (AvgIpc) is 3.36. The molecule has 2 heterocycles. The molecule has 0 saturated carbocycles. The number of carbonyl (C=O) groups excluding carboxylic acids is 1. The maximum absolute atomic E-state index is 12.4. The van der Waals surface area contributed by atoms with E-state index in [0.29, 0.717) is 10.8 Å². The Bertz CT molecular complexity index is 1110. The van der Waals surface area contributed by atoms with E-state index in [1.54, 1.807) is 10.7 Å². The third-order valence-corrected chi connectivity index (χ3v) is 5.50. The predicted octanol–water partition coefficient (Wildman–Crippen LogP) is 5.18. The first-order chi connectivity index (χ1) is 14.1. The summed E-state index contributed by atoms with van der Waals surface area (Å²) in [6.45, 7) is 4.68. The van der Waals surface area contributed by atoms with Crippen molar-refractivity contribution in [1.29, 1.82) is 0 Å². The number of anilines is 1. The summed E-state index contributed by atoms with van der Waals surface area (Å²) in [6.07, 6.45) is 0.906. The van der Waals surface area contributed by atoms with E-state index in [0.717, 1.165) is 29.9 Å². The Labute approximate surface area is 174 Å². The maximum Gasteiger partial charge on any atom is 0.277 e. The average molecular weight is 403 g/mol. The predicted molar refractivity (Wildman–Crippen MR) is 117 cm³/mol. The zero-order chi connectivity index (χ0) is 20.2. The van der Waals surface area contributed by atoms with Crippen LogP contribution in [0.5, 0.6) is 0 Å². The smallest absolute Gasteiger partial charge is 0.277 e. The van der Waals surface area contributed by atoms with Crippen LogP contribution in [0.2, 0.25) is 0 Å². The second-order valence-electron chi connectivity index (χ2n) is 6.84. The fraction of sp³-hybridized carbons (Fsp3) is 0.174. The van der Waals surface area contributed by atoms with Gasteiger partial charge in [0.1, 0.15) is 0 Å². The lowest BCUT2D eigenvalue weighted by molar-refractivity contribution is 0.102. The fourth-order valence-corrected chi connectivity index (χ4v) is 3.91. The molecule has 0 fully saturated rings. The van der Waals surface area contributed by atoms with Crippen LogP contribution in [0.25, 0.3) is 11.3 Å². The highest BCUT2D eigenvalue weighted by molar-refractivity contribution is 7.14. The van der Waals surface area contributed by atoms with Crippen molar-refractivity contribution in [3.05, 3.63) is 88.6 Å². The molecule has 2 aromatic carbocycles. The van der Waals surface area contributed by atoms with Crippen molar-refractivity contribution in [3.8, 4) is 11.3 Å². The van der Waals surface area contributed by atoms with Gasteiger partial charge in [-0.1, -0.05) is 54.6 Å². The van der Waals surface area contributed by atoms with Crippen LogP contribution in [0, 0.1) is 6.92 Å². The van der Waals surface area contributed by atoms with Gasteiger partial charge in [-0.3, -0.25) is 14.8 Å². The fourth-order valence-electron chi connectivity index (χ4n) is 3.19. The molecule has 0 atom stereocenters. The number of hydrogen-bond donors (Lipinski definition) is 1. The minimum Gasteiger partial charge on any atom is -0.296 e. The molecule has 1 amide bonds. The Kier molecular flexibility index (Phi) is 5.53. The summed E-state index contributed by atoms with van der Waals surface area (Å²) in [7, 11) is 0. The first-order valence-electron chi connectivity index (χ1n) is 9.57. The zero-order valence-electron chi connectivity index (χ0n) is 16.4. The Balaban J connectivity index is 1.43. The molecule has 2 aromatic heterocycles. The number of carbonyl (C=O) groups is 1. The Morgan fingerprint density at radius 3 is 2.48 bits per heavy atom. The zero-order valence-corrected chi connectivity index (χ0v) is 17.2. The summed E-state index contributed by atoms with van der Waals surface area (Å²) in [6, 6.07) is 20.6. The van der Waals surface area contributed by atoms with Crippen LogP contribution in [-0.4, -0.2) is 20.7 Å². The van der Waals surface area contributed by atoms with Crippen LogP contribution in [0.1, 0.15) is 34.2 Å². The van der Waals surface area contributed by atoms with E-state index in [2.05, 4.69) is 63.9 Å². The summed E-state index contributed by atoms with van der Waals surface area (Å²) in [5.41, 5.74) is 5.81.